The van der Waals surface area contributed by atoms with E-state index < -0.39 is 0 Å². The summed E-state index contributed by atoms with van der Waals surface area (Å²) in [5, 5.41) is 14.1. The molecule has 0 bridgehead atoms. The Hall–Kier alpha value is -0.450. The molecule has 2 rings (SSSR count). The molecule has 1 aromatic heterocycles. The van der Waals surface area contributed by atoms with Gasteiger partial charge in [-0.3, -0.25) is 0 Å². The maximum atomic E-state index is 9.47. The molecule has 1 aliphatic rings. The summed E-state index contributed by atoms with van der Waals surface area (Å²) in [4.78, 5) is 5.80. The number of hydrogen-bond donors (Lipinski definition) is 2. The van der Waals surface area contributed by atoms with Gasteiger partial charge in [-0.05, 0) is 26.7 Å². The number of thiazole rings is 1. The quantitative estimate of drug-likeness (QED) is 0.847. The van der Waals surface area contributed by atoms with Crippen molar-refractivity contribution in [2.75, 3.05) is 6.61 Å². The number of rotatable bonds is 4. The lowest BCUT2D eigenvalue weighted by Crippen LogP contribution is -2.45. The van der Waals surface area contributed by atoms with Gasteiger partial charge in [0.15, 0.2) is 0 Å². The molecule has 0 aliphatic heterocycles. The highest BCUT2D eigenvalue weighted by atomic mass is 32.1. The van der Waals surface area contributed by atoms with Gasteiger partial charge in [-0.1, -0.05) is 12.8 Å². The third-order valence-corrected chi connectivity index (χ3v) is 4.62. The fourth-order valence-electron chi connectivity index (χ4n) is 2.32. The lowest BCUT2D eigenvalue weighted by molar-refractivity contribution is 0.163. The Morgan fingerprint density at radius 2 is 2.06 bits per heavy atom. The molecule has 0 radical (unpaired) electrons. The van der Waals surface area contributed by atoms with Gasteiger partial charge >= 0.3 is 0 Å². The molecule has 90 valence electrons. The Morgan fingerprint density at radius 3 is 2.56 bits per heavy atom. The minimum absolute atomic E-state index is 0.0342. The van der Waals surface area contributed by atoms with Crippen molar-refractivity contribution in [3.8, 4) is 0 Å². The van der Waals surface area contributed by atoms with Gasteiger partial charge in [-0.25, -0.2) is 4.98 Å². The summed E-state index contributed by atoms with van der Waals surface area (Å²) in [6.07, 6.45) is 4.63. The van der Waals surface area contributed by atoms with E-state index in [0.717, 1.165) is 30.1 Å². The van der Waals surface area contributed by atoms with Gasteiger partial charge in [0.25, 0.3) is 0 Å². The van der Waals surface area contributed by atoms with Crippen LogP contribution in [0.1, 0.15) is 41.3 Å². The van der Waals surface area contributed by atoms with Crippen LogP contribution >= 0.6 is 11.3 Å². The first kappa shape index (κ1) is 12.0. The van der Waals surface area contributed by atoms with Gasteiger partial charge in [0.05, 0.1) is 12.3 Å². The summed E-state index contributed by atoms with van der Waals surface area (Å²) in [5.74, 6) is 0. The first-order valence-corrected chi connectivity index (χ1v) is 6.76. The highest BCUT2D eigenvalue weighted by Crippen LogP contribution is 2.29. The molecule has 0 spiro atoms. The third kappa shape index (κ3) is 2.44. The van der Waals surface area contributed by atoms with Crippen LogP contribution in [-0.4, -0.2) is 22.2 Å². The molecule has 1 aromatic rings. The molecule has 0 amide bonds. The molecule has 4 heteroatoms. The number of aliphatic hydroxyl groups excluding tert-OH is 1. The molecule has 1 saturated carbocycles. The molecular weight excluding hydrogens is 220 g/mol. The standard InChI is InChI=1S/C12H20N2OS/c1-9-10(2)16-11(14-9)7-13-12(8-15)5-3-4-6-12/h13,15H,3-8H2,1-2H3. The van der Waals surface area contributed by atoms with Crippen LogP contribution in [-0.2, 0) is 6.54 Å². The molecule has 0 saturated heterocycles. The Bertz CT molecular complexity index is 336. The van der Waals surface area contributed by atoms with Crippen LogP contribution in [0.25, 0.3) is 0 Å². The lowest BCUT2D eigenvalue weighted by atomic mass is 9.99. The maximum absolute atomic E-state index is 9.47. The highest BCUT2D eigenvalue weighted by molar-refractivity contribution is 7.11. The van der Waals surface area contributed by atoms with E-state index in [4.69, 9.17) is 0 Å². The van der Waals surface area contributed by atoms with Crippen LogP contribution in [0.5, 0.6) is 0 Å². The number of hydrogen-bond acceptors (Lipinski definition) is 4. The first-order chi connectivity index (χ1) is 7.65. The zero-order valence-corrected chi connectivity index (χ0v) is 10.9. The van der Waals surface area contributed by atoms with E-state index in [1.54, 1.807) is 11.3 Å². The van der Waals surface area contributed by atoms with E-state index in [1.807, 2.05) is 6.92 Å². The van der Waals surface area contributed by atoms with Crippen molar-refractivity contribution in [3.63, 3.8) is 0 Å². The summed E-state index contributed by atoms with van der Waals surface area (Å²) < 4.78 is 0. The van der Waals surface area contributed by atoms with E-state index >= 15 is 0 Å². The van der Waals surface area contributed by atoms with Crippen LogP contribution in [0.4, 0.5) is 0 Å². The summed E-state index contributed by atoms with van der Waals surface area (Å²) >= 11 is 1.75. The summed E-state index contributed by atoms with van der Waals surface area (Å²) in [6.45, 7) is 5.19. The molecule has 0 unspecified atom stereocenters. The zero-order chi connectivity index (χ0) is 11.6. The average Bonchev–Trinajstić information content (AvgIpc) is 2.85. The smallest absolute Gasteiger partial charge is 0.107 e. The average molecular weight is 240 g/mol. The largest absolute Gasteiger partial charge is 0.394 e. The van der Waals surface area contributed by atoms with Crippen LogP contribution < -0.4 is 5.32 Å². The zero-order valence-electron chi connectivity index (χ0n) is 10.0. The Labute approximate surface area is 101 Å². The molecule has 2 N–H and O–H groups in total. The van der Waals surface area contributed by atoms with E-state index in [9.17, 15) is 5.11 Å². The van der Waals surface area contributed by atoms with Crippen LogP contribution in [0.2, 0.25) is 0 Å². The summed E-state index contributed by atoms with van der Waals surface area (Å²) in [5.41, 5.74) is 1.10. The van der Waals surface area contributed by atoms with Gasteiger partial charge in [-0.2, -0.15) is 0 Å². The minimum Gasteiger partial charge on any atom is -0.394 e. The predicted molar refractivity (Wildman–Crippen MR) is 66.7 cm³/mol. The molecule has 1 aliphatic carbocycles. The van der Waals surface area contributed by atoms with E-state index in [0.29, 0.717) is 0 Å². The van der Waals surface area contributed by atoms with Gasteiger partial charge in [0, 0.05) is 17.0 Å². The first-order valence-electron chi connectivity index (χ1n) is 5.94. The van der Waals surface area contributed by atoms with Crippen molar-refractivity contribution in [3.05, 3.63) is 15.6 Å². The molecule has 0 atom stereocenters. The Balaban J connectivity index is 1.95. The second-order valence-electron chi connectivity index (χ2n) is 4.75. The molecule has 1 fully saturated rings. The Morgan fingerprint density at radius 1 is 1.38 bits per heavy atom. The molecular formula is C12H20N2OS. The number of aromatic nitrogens is 1. The van der Waals surface area contributed by atoms with Crippen LogP contribution in [0.15, 0.2) is 0 Å². The van der Waals surface area contributed by atoms with Gasteiger partial charge < -0.3 is 10.4 Å². The van der Waals surface area contributed by atoms with Crippen molar-refractivity contribution in [1.82, 2.24) is 10.3 Å². The van der Waals surface area contributed by atoms with Crippen LogP contribution in [0, 0.1) is 13.8 Å². The molecule has 0 aromatic carbocycles. The topological polar surface area (TPSA) is 45.2 Å². The monoisotopic (exact) mass is 240 g/mol. The number of aryl methyl sites for hydroxylation is 2. The molecule has 3 nitrogen and oxygen atoms in total. The lowest BCUT2D eigenvalue weighted by Gasteiger charge is -2.27. The fourth-order valence-corrected chi connectivity index (χ4v) is 3.19. The van der Waals surface area contributed by atoms with Crippen molar-refractivity contribution in [2.24, 2.45) is 0 Å². The summed E-state index contributed by atoms with van der Waals surface area (Å²) in [6, 6.07) is 0. The predicted octanol–water partition coefficient (Wildman–Crippen LogP) is 2.15. The second-order valence-corrected chi connectivity index (χ2v) is 6.04. The molecule has 1 heterocycles. The number of nitrogens with one attached hydrogen (secondary N) is 1. The van der Waals surface area contributed by atoms with E-state index in [-0.39, 0.29) is 12.1 Å². The molecule has 16 heavy (non-hydrogen) atoms. The second kappa shape index (κ2) is 4.82. The van der Waals surface area contributed by atoms with Gasteiger partial charge in [-0.15, -0.1) is 11.3 Å². The van der Waals surface area contributed by atoms with E-state index in [2.05, 4.69) is 17.2 Å². The number of aliphatic hydroxyl groups is 1. The van der Waals surface area contributed by atoms with Gasteiger partial charge in [0.2, 0.25) is 0 Å². The van der Waals surface area contributed by atoms with E-state index in [1.165, 1.54) is 17.7 Å². The van der Waals surface area contributed by atoms with Crippen molar-refractivity contribution < 1.29 is 5.11 Å². The SMILES string of the molecule is Cc1nc(CNC2(CO)CCCC2)sc1C. The van der Waals surface area contributed by atoms with Crippen LogP contribution in [0.3, 0.4) is 0 Å². The Kier molecular flexibility index (Phi) is 3.62. The van der Waals surface area contributed by atoms with Gasteiger partial charge in [0.1, 0.15) is 5.01 Å². The number of nitrogens with zero attached hydrogens (tertiary/aromatic N) is 1. The maximum Gasteiger partial charge on any atom is 0.107 e. The highest BCUT2D eigenvalue weighted by Gasteiger charge is 2.32. The third-order valence-electron chi connectivity index (χ3n) is 3.55. The van der Waals surface area contributed by atoms with Crippen molar-refractivity contribution in [1.29, 1.82) is 0 Å². The van der Waals surface area contributed by atoms with Crippen molar-refractivity contribution >= 4 is 11.3 Å². The van der Waals surface area contributed by atoms with Crippen molar-refractivity contribution in [2.45, 2.75) is 51.6 Å². The normalized spacial score (nSPS) is 19.2. The summed E-state index contributed by atoms with van der Waals surface area (Å²) in [7, 11) is 0. The fraction of sp³-hybridized carbons (Fsp3) is 0.750. The minimum atomic E-state index is -0.0342.